The Bertz CT molecular complexity index is 559. The lowest BCUT2D eigenvalue weighted by molar-refractivity contribution is 0.484. The predicted molar refractivity (Wildman–Crippen MR) is 72.4 cm³/mol. The van der Waals surface area contributed by atoms with Gasteiger partial charge in [0.25, 0.3) is 0 Å². The Balaban J connectivity index is 1.72. The molecule has 1 aliphatic heterocycles. The highest BCUT2D eigenvalue weighted by atomic mass is 15.3. The van der Waals surface area contributed by atoms with E-state index >= 15 is 0 Å². The van der Waals surface area contributed by atoms with E-state index in [0.717, 1.165) is 43.0 Å². The number of rotatable bonds is 2. The summed E-state index contributed by atoms with van der Waals surface area (Å²) >= 11 is 0. The molecule has 1 aliphatic rings. The number of aromatic amines is 1. The fourth-order valence-corrected chi connectivity index (χ4v) is 2.37. The van der Waals surface area contributed by atoms with Crippen LogP contribution in [0.1, 0.15) is 12.8 Å². The zero-order valence-electron chi connectivity index (χ0n) is 10.6. The molecule has 0 aromatic carbocycles. The molecule has 1 saturated heterocycles. The number of anilines is 1. The molecule has 3 rings (SSSR count). The molecule has 1 N–H and O–H groups in total. The lowest BCUT2D eigenvalue weighted by Crippen LogP contribution is -2.33. The van der Waals surface area contributed by atoms with Gasteiger partial charge in [-0.2, -0.15) is 5.26 Å². The van der Waals surface area contributed by atoms with Gasteiger partial charge in [-0.15, -0.1) is 10.2 Å². The maximum Gasteiger partial charge on any atom is 0.151 e. The summed E-state index contributed by atoms with van der Waals surface area (Å²) in [5.41, 5.74) is 1.92. The van der Waals surface area contributed by atoms with Crippen molar-refractivity contribution in [2.75, 3.05) is 18.0 Å². The summed E-state index contributed by atoms with van der Waals surface area (Å²) in [6, 6.07) is 8.30. The quantitative estimate of drug-likeness (QED) is 0.891. The van der Waals surface area contributed by atoms with Crippen LogP contribution in [0.2, 0.25) is 0 Å². The number of piperidine rings is 1. The van der Waals surface area contributed by atoms with Crippen molar-refractivity contribution >= 4 is 5.82 Å². The molecule has 0 bridgehead atoms. The second kappa shape index (κ2) is 5.11. The SMILES string of the molecule is N#CC1CCN(c2ccc(-c3cc[nH]c3)nn2)CC1. The second-order valence-electron chi connectivity index (χ2n) is 4.77. The Hall–Kier alpha value is -2.35. The van der Waals surface area contributed by atoms with Crippen molar-refractivity contribution in [2.45, 2.75) is 12.8 Å². The van der Waals surface area contributed by atoms with Gasteiger partial charge in [-0.3, -0.25) is 0 Å². The molecule has 5 nitrogen and oxygen atoms in total. The van der Waals surface area contributed by atoms with Gasteiger partial charge in [-0.05, 0) is 31.0 Å². The molecule has 2 aromatic heterocycles. The molecular formula is C14H15N5. The molecule has 0 atom stereocenters. The molecule has 0 amide bonds. The molecule has 5 heteroatoms. The zero-order valence-corrected chi connectivity index (χ0v) is 10.6. The normalized spacial score (nSPS) is 16.3. The van der Waals surface area contributed by atoms with Crippen LogP contribution in [-0.2, 0) is 0 Å². The third-order valence-corrected chi connectivity index (χ3v) is 3.55. The van der Waals surface area contributed by atoms with E-state index < -0.39 is 0 Å². The van der Waals surface area contributed by atoms with Crippen molar-refractivity contribution in [3.8, 4) is 17.3 Å². The summed E-state index contributed by atoms with van der Waals surface area (Å²) < 4.78 is 0. The van der Waals surface area contributed by atoms with Gasteiger partial charge in [0.2, 0.25) is 0 Å². The van der Waals surface area contributed by atoms with E-state index in [1.807, 2.05) is 30.6 Å². The molecule has 0 spiro atoms. The van der Waals surface area contributed by atoms with Crippen molar-refractivity contribution in [3.63, 3.8) is 0 Å². The van der Waals surface area contributed by atoms with Crippen LogP contribution in [0.5, 0.6) is 0 Å². The van der Waals surface area contributed by atoms with E-state index in [1.54, 1.807) is 0 Å². The summed E-state index contributed by atoms with van der Waals surface area (Å²) in [6.07, 6.45) is 5.61. The molecular weight excluding hydrogens is 238 g/mol. The Labute approximate surface area is 111 Å². The number of hydrogen-bond acceptors (Lipinski definition) is 4. The topological polar surface area (TPSA) is 68.6 Å². The van der Waals surface area contributed by atoms with Crippen molar-refractivity contribution in [3.05, 3.63) is 30.6 Å². The van der Waals surface area contributed by atoms with Gasteiger partial charge < -0.3 is 9.88 Å². The van der Waals surface area contributed by atoms with Crippen molar-refractivity contribution in [1.29, 1.82) is 5.26 Å². The molecule has 0 unspecified atom stereocenters. The number of hydrogen-bond donors (Lipinski definition) is 1. The van der Waals surface area contributed by atoms with Gasteiger partial charge in [0.1, 0.15) is 0 Å². The van der Waals surface area contributed by atoms with E-state index in [9.17, 15) is 0 Å². The molecule has 19 heavy (non-hydrogen) atoms. The first kappa shape index (κ1) is 11.7. The van der Waals surface area contributed by atoms with Gasteiger partial charge in [0.15, 0.2) is 5.82 Å². The Morgan fingerprint density at radius 1 is 1.21 bits per heavy atom. The second-order valence-corrected chi connectivity index (χ2v) is 4.77. The standard InChI is InChI=1S/C14H15N5/c15-9-11-4-7-19(8-5-11)14-2-1-13(17-18-14)12-3-6-16-10-12/h1-3,6,10-11,16H,4-5,7-8H2. The number of nitrogens with zero attached hydrogens (tertiary/aromatic N) is 4. The summed E-state index contributed by atoms with van der Waals surface area (Å²) in [5, 5.41) is 17.4. The molecule has 1 fully saturated rings. The van der Waals surface area contributed by atoms with Crippen LogP contribution in [-0.4, -0.2) is 28.3 Å². The molecule has 0 aliphatic carbocycles. The van der Waals surface area contributed by atoms with Crippen molar-refractivity contribution < 1.29 is 0 Å². The minimum atomic E-state index is 0.198. The van der Waals surface area contributed by atoms with E-state index in [0.29, 0.717) is 0 Å². The van der Waals surface area contributed by atoms with E-state index in [2.05, 4.69) is 26.2 Å². The van der Waals surface area contributed by atoms with Crippen LogP contribution in [0.4, 0.5) is 5.82 Å². The number of nitrogens with one attached hydrogen (secondary N) is 1. The maximum atomic E-state index is 8.89. The van der Waals surface area contributed by atoms with E-state index in [4.69, 9.17) is 5.26 Å². The number of H-pyrrole nitrogens is 1. The molecule has 96 valence electrons. The van der Waals surface area contributed by atoms with Gasteiger partial charge in [-0.1, -0.05) is 0 Å². The van der Waals surface area contributed by atoms with Crippen LogP contribution >= 0.6 is 0 Å². The van der Waals surface area contributed by atoms with Crippen molar-refractivity contribution in [2.24, 2.45) is 5.92 Å². The fraction of sp³-hybridized carbons (Fsp3) is 0.357. The largest absolute Gasteiger partial charge is 0.367 e. The first-order valence-corrected chi connectivity index (χ1v) is 6.48. The average Bonchev–Trinajstić information content (AvgIpc) is 3.02. The van der Waals surface area contributed by atoms with Crippen LogP contribution < -0.4 is 4.90 Å². The predicted octanol–water partition coefficient (Wildman–Crippen LogP) is 2.21. The van der Waals surface area contributed by atoms with Gasteiger partial charge >= 0.3 is 0 Å². The van der Waals surface area contributed by atoms with Gasteiger partial charge in [0, 0.05) is 37.0 Å². The average molecular weight is 253 g/mol. The Kier molecular flexibility index (Phi) is 3.15. The molecule has 2 aromatic rings. The lowest BCUT2D eigenvalue weighted by atomic mass is 9.99. The fourth-order valence-electron chi connectivity index (χ4n) is 2.37. The molecule has 3 heterocycles. The smallest absolute Gasteiger partial charge is 0.151 e. The highest BCUT2D eigenvalue weighted by molar-refractivity contribution is 5.58. The summed E-state index contributed by atoms with van der Waals surface area (Å²) in [5.74, 6) is 1.10. The number of nitriles is 1. The highest BCUT2D eigenvalue weighted by Gasteiger charge is 2.19. The van der Waals surface area contributed by atoms with Crippen LogP contribution in [0, 0.1) is 17.2 Å². The Morgan fingerprint density at radius 2 is 2.05 bits per heavy atom. The third kappa shape index (κ3) is 2.43. The van der Waals surface area contributed by atoms with Crippen LogP contribution in [0.15, 0.2) is 30.6 Å². The van der Waals surface area contributed by atoms with E-state index in [1.165, 1.54) is 0 Å². The first-order chi connectivity index (χ1) is 9.36. The third-order valence-electron chi connectivity index (χ3n) is 3.55. The van der Waals surface area contributed by atoms with Gasteiger partial charge in [-0.25, -0.2) is 0 Å². The van der Waals surface area contributed by atoms with Crippen LogP contribution in [0.3, 0.4) is 0 Å². The van der Waals surface area contributed by atoms with Crippen molar-refractivity contribution in [1.82, 2.24) is 15.2 Å². The van der Waals surface area contributed by atoms with E-state index in [-0.39, 0.29) is 5.92 Å². The van der Waals surface area contributed by atoms with Gasteiger partial charge in [0.05, 0.1) is 11.8 Å². The lowest BCUT2D eigenvalue weighted by Gasteiger charge is -2.29. The molecule has 0 saturated carbocycles. The number of aromatic nitrogens is 3. The molecule has 0 radical (unpaired) electrons. The summed E-state index contributed by atoms with van der Waals surface area (Å²) in [7, 11) is 0. The monoisotopic (exact) mass is 253 g/mol. The minimum absolute atomic E-state index is 0.198. The maximum absolute atomic E-state index is 8.89. The minimum Gasteiger partial charge on any atom is -0.367 e. The Morgan fingerprint density at radius 3 is 2.63 bits per heavy atom. The highest BCUT2D eigenvalue weighted by Crippen LogP contribution is 2.22. The van der Waals surface area contributed by atoms with Crippen LogP contribution in [0.25, 0.3) is 11.3 Å². The summed E-state index contributed by atoms with van der Waals surface area (Å²) in [6.45, 7) is 1.77. The first-order valence-electron chi connectivity index (χ1n) is 6.48. The zero-order chi connectivity index (χ0) is 13.1. The summed E-state index contributed by atoms with van der Waals surface area (Å²) in [4.78, 5) is 5.20.